The average molecular weight is 233 g/mol. The van der Waals surface area contributed by atoms with E-state index >= 15 is 0 Å². The summed E-state index contributed by atoms with van der Waals surface area (Å²) in [6.45, 7) is 3.26. The monoisotopic (exact) mass is 232 g/mol. The highest BCUT2D eigenvalue weighted by Gasteiger charge is 2.10. The molecule has 14 heavy (non-hydrogen) atoms. The lowest BCUT2D eigenvalue weighted by Crippen LogP contribution is -2.37. The van der Waals surface area contributed by atoms with Crippen molar-refractivity contribution < 1.29 is 4.79 Å². The SMILES string of the molecule is CCN(Cc1ccc(Cl)s1)C(=O)NC. The fourth-order valence-electron chi connectivity index (χ4n) is 1.11. The highest BCUT2D eigenvalue weighted by molar-refractivity contribution is 7.16. The first-order chi connectivity index (χ1) is 6.67. The number of nitrogens with one attached hydrogen (secondary N) is 1. The van der Waals surface area contributed by atoms with Gasteiger partial charge < -0.3 is 10.2 Å². The van der Waals surface area contributed by atoms with E-state index in [1.807, 2.05) is 19.1 Å². The molecule has 0 aliphatic carbocycles. The van der Waals surface area contributed by atoms with Crippen LogP contribution in [0.25, 0.3) is 0 Å². The number of halogens is 1. The van der Waals surface area contributed by atoms with E-state index in [9.17, 15) is 4.79 Å². The van der Waals surface area contributed by atoms with Crippen molar-refractivity contribution in [2.45, 2.75) is 13.5 Å². The molecule has 0 aromatic carbocycles. The van der Waals surface area contributed by atoms with Gasteiger partial charge in [0.15, 0.2) is 0 Å². The molecule has 0 aliphatic heterocycles. The molecule has 0 aliphatic rings. The van der Waals surface area contributed by atoms with Gasteiger partial charge in [0.2, 0.25) is 0 Å². The van der Waals surface area contributed by atoms with Gasteiger partial charge in [-0.15, -0.1) is 11.3 Å². The highest BCUT2D eigenvalue weighted by Crippen LogP contribution is 2.22. The third-order valence-electron chi connectivity index (χ3n) is 1.86. The van der Waals surface area contributed by atoms with Gasteiger partial charge in [-0.05, 0) is 19.1 Å². The van der Waals surface area contributed by atoms with Crippen LogP contribution in [-0.4, -0.2) is 24.5 Å². The molecule has 1 rings (SSSR count). The van der Waals surface area contributed by atoms with Crippen LogP contribution in [0.3, 0.4) is 0 Å². The Hall–Kier alpha value is -0.740. The quantitative estimate of drug-likeness (QED) is 0.854. The Labute approximate surface area is 92.7 Å². The molecule has 2 amide bonds. The van der Waals surface area contributed by atoms with Crippen LogP contribution in [0.5, 0.6) is 0 Å². The summed E-state index contributed by atoms with van der Waals surface area (Å²) in [5.74, 6) is 0. The third kappa shape index (κ3) is 2.89. The summed E-state index contributed by atoms with van der Waals surface area (Å²) < 4.78 is 0.757. The van der Waals surface area contributed by atoms with Crippen LogP contribution >= 0.6 is 22.9 Å². The standard InChI is InChI=1S/C9H13ClN2OS/c1-3-12(9(13)11-2)6-7-4-5-8(10)14-7/h4-5H,3,6H2,1-2H3,(H,11,13). The number of urea groups is 1. The van der Waals surface area contributed by atoms with E-state index in [0.29, 0.717) is 13.1 Å². The van der Waals surface area contributed by atoms with E-state index in [2.05, 4.69) is 5.32 Å². The lowest BCUT2D eigenvalue weighted by Gasteiger charge is -2.19. The number of rotatable bonds is 3. The van der Waals surface area contributed by atoms with Crippen molar-refractivity contribution in [1.29, 1.82) is 0 Å². The maximum absolute atomic E-state index is 11.3. The van der Waals surface area contributed by atoms with Crippen LogP contribution in [0.1, 0.15) is 11.8 Å². The number of amides is 2. The van der Waals surface area contributed by atoms with Crippen molar-refractivity contribution >= 4 is 29.0 Å². The molecule has 0 fully saturated rings. The number of nitrogens with zero attached hydrogens (tertiary/aromatic N) is 1. The Morgan fingerprint density at radius 3 is 2.79 bits per heavy atom. The van der Waals surface area contributed by atoms with Crippen LogP contribution in [-0.2, 0) is 6.54 Å². The van der Waals surface area contributed by atoms with Gasteiger partial charge in [-0.25, -0.2) is 4.79 Å². The zero-order valence-corrected chi connectivity index (χ0v) is 9.78. The van der Waals surface area contributed by atoms with Gasteiger partial charge in [-0.2, -0.15) is 0 Å². The topological polar surface area (TPSA) is 32.3 Å². The molecular formula is C9H13ClN2OS. The first-order valence-electron chi connectivity index (χ1n) is 4.38. The first kappa shape index (κ1) is 11.3. The number of hydrogen-bond acceptors (Lipinski definition) is 2. The Kier molecular flexibility index (Phi) is 4.22. The molecule has 1 aromatic heterocycles. The average Bonchev–Trinajstić information content (AvgIpc) is 2.59. The van der Waals surface area contributed by atoms with Gasteiger partial charge in [0.25, 0.3) is 0 Å². The molecule has 5 heteroatoms. The second-order valence-electron chi connectivity index (χ2n) is 2.78. The highest BCUT2D eigenvalue weighted by atomic mass is 35.5. The summed E-state index contributed by atoms with van der Waals surface area (Å²) in [4.78, 5) is 14.2. The van der Waals surface area contributed by atoms with Crippen LogP contribution < -0.4 is 5.32 Å². The molecule has 0 saturated carbocycles. The van der Waals surface area contributed by atoms with Gasteiger partial charge in [0, 0.05) is 18.5 Å². The maximum atomic E-state index is 11.3. The van der Waals surface area contributed by atoms with Gasteiger partial charge in [0.05, 0.1) is 10.9 Å². The predicted octanol–water partition coefficient (Wildman–Crippen LogP) is 2.56. The lowest BCUT2D eigenvalue weighted by atomic mass is 10.4. The van der Waals surface area contributed by atoms with E-state index in [4.69, 9.17) is 11.6 Å². The molecule has 0 unspecified atom stereocenters. The minimum Gasteiger partial charge on any atom is -0.341 e. The Bertz CT molecular complexity index is 314. The Morgan fingerprint density at radius 2 is 2.36 bits per heavy atom. The second-order valence-corrected chi connectivity index (χ2v) is 4.57. The van der Waals surface area contributed by atoms with Gasteiger partial charge in [0.1, 0.15) is 0 Å². The predicted molar refractivity (Wildman–Crippen MR) is 59.9 cm³/mol. The summed E-state index contributed by atoms with van der Waals surface area (Å²) in [5.41, 5.74) is 0. The molecule has 0 saturated heterocycles. The molecule has 0 radical (unpaired) electrons. The summed E-state index contributed by atoms with van der Waals surface area (Å²) in [6, 6.07) is 3.73. The molecule has 78 valence electrons. The Morgan fingerprint density at radius 1 is 1.64 bits per heavy atom. The minimum absolute atomic E-state index is 0.0583. The van der Waals surface area contributed by atoms with E-state index < -0.39 is 0 Å². The van der Waals surface area contributed by atoms with Crippen molar-refractivity contribution in [3.63, 3.8) is 0 Å². The second kappa shape index (κ2) is 5.22. The smallest absolute Gasteiger partial charge is 0.317 e. The number of carbonyl (C=O) groups is 1. The molecule has 0 bridgehead atoms. The fourth-order valence-corrected chi connectivity index (χ4v) is 2.21. The molecule has 0 atom stereocenters. The van der Waals surface area contributed by atoms with Crippen molar-refractivity contribution in [2.75, 3.05) is 13.6 Å². The zero-order valence-electron chi connectivity index (χ0n) is 8.21. The fraction of sp³-hybridized carbons (Fsp3) is 0.444. The first-order valence-corrected chi connectivity index (χ1v) is 5.57. The third-order valence-corrected chi connectivity index (χ3v) is 3.07. The van der Waals surface area contributed by atoms with Crippen molar-refractivity contribution in [2.24, 2.45) is 0 Å². The van der Waals surface area contributed by atoms with E-state index in [1.165, 1.54) is 11.3 Å². The van der Waals surface area contributed by atoms with Gasteiger partial charge in [-0.3, -0.25) is 0 Å². The van der Waals surface area contributed by atoms with Crippen molar-refractivity contribution in [3.8, 4) is 0 Å². The molecule has 1 aromatic rings. The minimum atomic E-state index is -0.0583. The molecule has 0 spiro atoms. The van der Waals surface area contributed by atoms with Crippen molar-refractivity contribution in [1.82, 2.24) is 10.2 Å². The Balaban J connectivity index is 2.61. The van der Waals surface area contributed by atoms with Crippen LogP contribution in [0, 0.1) is 0 Å². The zero-order chi connectivity index (χ0) is 10.6. The normalized spacial score (nSPS) is 9.93. The molecule has 1 N–H and O–H groups in total. The number of carbonyl (C=O) groups excluding carboxylic acids is 1. The van der Waals surface area contributed by atoms with Gasteiger partial charge >= 0.3 is 6.03 Å². The van der Waals surface area contributed by atoms with E-state index in [1.54, 1.807) is 11.9 Å². The summed E-state index contributed by atoms with van der Waals surface area (Å²) in [7, 11) is 1.63. The molecule has 1 heterocycles. The number of hydrogen-bond donors (Lipinski definition) is 1. The summed E-state index contributed by atoms with van der Waals surface area (Å²) in [5, 5.41) is 2.60. The molecular weight excluding hydrogens is 220 g/mol. The maximum Gasteiger partial charge on any atom is 0.317 e. The summed E-state index contributed by atoms with van der Waals surface area (Å²) in [6.07, 6.45) is 0. The largest absolute Gasteiger partial charge is 0.341 e. The van der Waals surface area contributed by atoms with Crippen LogP contribution in [0.4, 0.5) is 4.79 Å². The molecule has 3 nitrogen and oxygen atoms in total. The van der Waals surface area contributed by atoms with Crippen LogP contribution in [0.15, 0.2) is 12.1 Å². The van der Waals surface area contributed by atoms with Gasteiger partial charge in [-0.1, -0.05) is 11.6 Å². The lowest BCUT2D eigenvalue weighted by molar-refractivity contribution is 0.201. The van der Waals surface area contributed by atoms with E-state index in [0.717, 1.165) is 9.21 Å². The van der Waals surface area contributed by atoms with Crippen molar-refractivity contribution in [3.05, 3.63) is 21.3 Å². The van der Waals surface area contributed by atoms with Crippen LogP contribution in [0.2, 0.25) is 4.34 Å². The van der Waals surface area contributed by atoms with E-state index in [-0.39, 0.29) is 6.03 Å². The number of thiophene rings is 1. The summed E-state index contributed by atoms with van der Waals surface area (Å²) >= 11 is 7.30.